The van der Waals surface area contributed by atoms with E-state index in [9.17, 15) is 23.1 Å². The van der Waals surface area contributed by atoms with Crippen LogP contribution in [0.2, 0.25) is 5.02 Å². The van der Waals surface area contributed by atoms with E-state index in [0.29, 0.717) is 0 Å². The zero-order valence-corrected chi connectivity index (χ0v) is 12.4. The van der Waals surface area contributed by atoms with Crippen molar-refractivity contribution in [3.05, 3.63) is 40.4 Å². The van der Waals surface area contributed by atoms with Gasteiger partial charge in [-0.25, -0.2) is 0 Å². The van der Waals surface area contributed by atoms with Gasteiger partial charge >= 0.3 is 6.18 Å². The predicted molar refractivity (Wildman–Crippen MR) is 76.4 cm³/mol. The van der Waals surface area contributed by atoms with E-state index < -0.39 is 28.8 Å². The molecule has 1 rings (SSSR count). The lowest BCUT2D eigenvalue weighted by molar-refractivity contribution is -0.137. The fourth-order valence-corrected chi connectivity index (χ4v) is 1.79. The predicted octanol–water partition coefficient (Wildman–Crippen LogP) is 2.50. The van der Waals surface area contributed by atoms with Crippen molar-refractivity contribution in [1.82, 2.24) is 5.32 Å². The van der Waals surface area contributed by atoms with Gasteiger partial charge in [-0.3, -0.25) is 4.79 Å². The maximum Gasteiger partial charge on any atom is 0.417 e. The van der Waals surface area contributed by atoms with Gasteiger partial charge in [0.25, 0.3) is 0 Å². The Kier molecular flexibility index (Phi) is 6.86. The maximum absolute atomic E-state index is 12.7. The largest absolute Gasteiger partial charge is 0.417 e. The van der Waals surface area contributed by atoms with Crippen molar-refractivity contribution in [2.75, 3.05) is 20.3 Å². The van der Waals surface area contributed by atoms with E-state index in [2.05, 4.69) is 10.1 Å². The van der Waals surface area contributed by atoms with Crippen LogP contribution in [-0.2, 0) is 15.7 Å². The van der Waals surface area contributed by atoms with Crippen LogP contribution in [0, 0.1) is 0 Å². The second kappa shape index (κ2) is 8.17. The minimum absolute atomic E-state index is 0.0224. The molecule has 2 N–H and O–H groups in total. The van der Waals surface area contributed by atoms with Crippen molar-refractivity contribution in [2.24, 2.45) is 0 Å². The molecule has 8 heteroatoms. The summed E-state index contributed by atoms with van der Waals surface area (Å²) in [4.78, 5) is 11.5. The highest BCUT2D eigenvalue weighted by Gasteiger charge is 2.33. The van der Waals surface area contributed by atoms with Crippen LogP contribution in [0.25, 0.3) is 6.08 Å². The highest BCUT2D eigenvalue weighted by Crippen LogP contribution is 2.35. The minimum atomic E-state index is -4.56. The molecule has 0 saturated carbocycles. The number of benzene rings is 1. The molecule has 0 heterocycles. The fraction of sp³-hybridized carbons (Fsp3) is 0.357. The first kappa shape index (κ1) is 18.5. The van der Waals surface area contributed by atoms with Gasteiger partial charge in [0.2, 0.25) is 5.91 Å². The first-order valence-electron chi connectivity index (χ1n) is 6.23. The Morgan fingerprint density at radius 1 is 1.50 bits per heavy atom. The molecule has 0 aromatic heterocycles. The third-order valence-corrected chi connectivity index (χ3v) is 2.92. The Hall–Kier alpha value is -1.57. The van der Waals surface area contributed by atoms with E-state index in [1.165, 1.54) is 19.3 Å². The number of halogens is 4. The number of methoxy groups -OCH3 is 1. The minimum Gasteiger partial charge on any atom is -0.389 e. The third-order valence-electron chi connectivity index (χ3n) is 2.59. The molecular weight excluding hydrogens is 323 g/mol. The highest BCUT2D eigenvalue weighted by molar-refractivity contribution is 6.31. The lowest BCUT2D eigenvalue weighted by Crippen LogP contribution is -2.33. The van der Waals surface area contributed by atoms with E-state index in [1.54, 1.807) is 0 Å². The number of amides is 1. The lowest BCUT2D eigenvalue weighted by atomic mass is 10.1. The molecule has 1 aromatic rings. The molecule has 22 heavy (non-hydrogen) atoms. The maximum atomic E-state index is 12.7. The van der Waals surface area contributed by atoms with Gasteiger partial charge in [-0.05, 0) is 23.8 Å². The van der Waals surface area contributed by atoms with Crippen molar-refractivity contribution in [3.8, 4) is 0 Å². The summed E-state index contributed by atoms with van der Waals surface area (Å²) in [6.45, 7) is 0.0432. The Morgan fingerprint density at radius 3 is 2.77 bits per heavy atom. The van der Waals surface area contributed by atoms with Gasteiger partial charge in [0, 0.05) is 19.7 Å². The highest BCUT2D eigenvalue weighted by atomic mass is 35.5. The van der Waals surface area contributed by atoms with Crippen LogP contribution in [0.4, 0.5) is 13.2 Å². The molecule has 4 nitrogen and oxygen atoms in total. The number of aliphatic hydroxyl groups is 1. The van der Waals surface area contributed by atoms with Crippen molar-refractivity contribution in [2.45, 2.75) is 12.3 Å². The summed E-state index contributed by atoms with van der Waals surface area (Å²) < 4.78 is 42.7. The number of carbonyl (C=O) groups excluding carboxylic acids is 1. The van der Waals surface area contributed by atoms with Gasteiger partial charge in [0.05, 0.1) is 23.3 Å². The van der Waals surface area contributed by atoms with Crippen molar-refractivity contribution in [1.29, 1.82) is 0 Å². The van der Waals surface area contributed by atoms with Crippen LogP contribution < -0.4 is 5.32 Å². The summed E-state index contributed by atoms with van der Waals surface area (Å²) in [6, 6.07) is 3.33. The Bertz CT molecular complexity index is 547. The van der Waals surface area contributed by atoms with Gasteiger partial charge in [-0.15, -0.1) is 0 Å². The summed E-state index contributed by atoms with van der Waals surface area (Å²) in [5.74, 6) is -0.543. The van der Waals surface area contributed by atoms with E-state index in [0.717, 1.165) is 18.2 Å². The summed E-state index contributed by atoms with van der Waals surface area (Å²) in [6.07, 6.45) is -3.12. The van der Waals surface area contributed by atoms with Crippen LogP contribution in [0.1, 0.15) is 11.1 Å². The molecule has 0 spiro atoms. The molecule has 1 unspecified atom stereocenters. The zero-order valence-electron chi connectivity index (χ0n) is 11.7. The number of ether oxygens (including phenoxy) is 1. The molecule has 122 valence electrons. The first-order chi connectivity index (χ1) is 10.2. The lowest BCUT2D eigenvalue weighted by Gasteiger charge is -2.10. The van der Waals surface area contributed by atoms with E-state index >= 15 is 0 Å². The molecule has 0 saturated heterocycles. The zero-order chi connectivity index (χ0) is 16.8. The normalized spacial score (nSPS) is 13.4. The third kappa shape index (κ3) is 6.05. The van der Waals surface area contributed by atoms with Crippen LogP contribution >= 0.6 is 11.6 Å². The molecule has 0 aliphatic rings. The number of alkyl halides is 3. The van der Waals surface area contributed by atoms with Gasteiger partial charge in [0.1, 0.15) is 0 Å². The topological polar surface area (TPSA) is 58.6 Å². The molecular formula is C14H15ClF3NO3. The quantitative estimate of drug-likeness (QED) is 0.784. The van der Waals surface area contributed by atoms with Crippen LogP contribution in [0.3, 0.4) is 0 Å². The summed E-state index contributed by atoms with van der Waals surface area (Å²) in [7, 11) is 1.41. The van der Waals surface area contributed by atoms with E-state index in [4.69, 9.17) is 11.6 Å². The van der Waals surface area contributed by atoms with Crippen molar-refractivity contribution in [3.63, 3.8) is 0 Å². The summed E-state index contributed by atoms with van der Waals surface area (Å²) in [5.41, 5.74) is -0.781. The number of aliphatic hydroxyl groups excluding tert-OH is 1. The monoisotopic (exact) mass is 337 g/mol. The van der Waals surface area contributed by atoms with Crippen LogP contribution in [0.15, 0.2) is 24.3 Å². The van der Waals surface area contributed by atoms with Crippen LogP contribution in [-0.4, -0.2) is 37.4 Å². The SMILES string of the molecule is COCC(O)CNC(=O)/C=C/c1ccc(Cl)c(C(F)(F)F)c1. The number of carbonyl (C=O) groups is 1. The Morgan fingerprint density at radius 2 is 2.18 bits per heavy atom. The molecule has 1 aromatic carbocycles. The summed E-state index contributed by atoms with van der Waals surface area (Å²) >= 11 is 5.49. The molecule has 1 amide bonds. The van der Waals surface area contributed by atoms with E-state index in [-0.39, 0.29) is 18.7 Å². The molecule has 1 atom stereocenters. The number of rotatable bonds is 6. The van der Waals surface area contributed by atoms with Gasteiger partial charge in [-0.1, -0.05) is 17.7 Å². The average molecular weight is 338 g/mol. The summed E-state index contributed by atoms with van der Waals surface area (Å²) in [5, 5.41) is 11.3. The second-order valence-corrected chi connectivity index (χ2v) is 4.83. The average Bonchev–Trinajstić information content (AvgIpc) is 2.43. The Balaban J connectivity index is 2.68. The standard InChI is InChI=1S/C14H15ClF3NO3/c1-22-8-10(20)7-19-13(21)5-3-9-2-4-12(15)11(6-9)14(16,17)18/h2-6,10,20H,7-8H2,1H3,(H,19,21)/b5-3+. The van der Waals surface area contributed by atoms with Crippen molar-refractivity contribution >= 4 is 23.6 Å². The first-order valence-corrected chi connectivity index (χ1v) is 6.61. The van der Waals surface area contributed by atoms with Gasteiger partial charge < -0.3 is 15.2 Å². The van der Waals surface area contributed by atoms with Gasteiger partial charge in [-0.2, -0.15) is 13.2 Å². The Labute approximate surface area is 130 Å². The van der Waals surface area contributed by atoms with Gasteiger partial charge in [0.15, 0.2) is 0 Å². The number of hydrogen-bond donors (Lipinski definition) is 2. The smallest absolute Gasteiger partial charge is 0.389 e. The molecule has 0 aliphatic heterocycles. The second-order valence-electron chi connectivity index (χ2n) is 4.42. The number of hydrogen-bond acceptors (Lipinski definition) is 3. The van der Waals surface area contributed by atoms with Crippen molar-refractivity contribution < 1.29 is 27.8 Å². The molecule has 0 radical (unpaired) electrons. The van der Waals surface area contributed by atoms with E-state index in [1.807, 2.05) is 0 Å². The molecule has 0 fully saturated rings. The number of nitrogens with one attached hydrogen (secondary N) is 1. The van der Waals surface area contributed by atoms with Crippen LogP contribution in [0.5, 0.6) is 0 Å². The molecule has 0 aliphatic carbocycles. The molecule has 0 bridgehead atoms. The fourth-order valence-electron chi connectivity index (χ4n) is 1.56.